The van der Waals surface area contributed by atoms with Crippen LogP contribution in [0.25, 0.3) is 11.4 Å². The fourth-order valence-electron chi connectivity index (χ4n) is 2.52. The number of aryl methyl sites for hydroxylation is 2. The maximum atomic E-state index is 5.49. The number of benzene rings is 1. The molecule has 2 atom stereocenters. The third-order valence-electron chi connectivity index (χ3n) is 3.95. The van der Waals surface area contributed by atoms with Gasteiger partial charge in [-0.05, 0) is 57.5 Å². The van der Waals surface area contributed by atoms with Gasteiger partial charge in [-0.15, -0.1) is 0 Å². The molecule has 1 N–H and O–H groups in total. The van der Waals surface area contributed by atoms with Crippen LogP contribution in [0.5, 0.6) is 0 Å². The summed E-state index contributed by atoms with van der Waals surface area (Å²) in [6.45, 7) is 8.40. The zero-order valence-corrected chi connectivity index (χ0v) is 14.8. The van der Waals surface area contributed by atoms with E-state index in [0.29, 0.717) is 17.8 Å². The Kier molecular flexibility index (Phi) is 5.17. The van der Waals surface area contributed by atoms with Crippen LogP contribution in [0.4, 0.5) is 0 Å². The summed E-state index contributed by atoms with van der Waals surface area (Å²) in [4.78, 5) is 4.60. The Morgan fingerprint density at radius 1 is 1.29 bits per heavy atom. The third-order valence-corrected chi connectivity index (χ3v) is 5.20. The Morgan fingerprint density at radius 2 is 1.90 bits per heavy atom. The largest absolute Gasteiger partial charge is 0.339 e. The van der Waals surface area contributed by atoms with Crippen LogP contribution in [0.15, 0.2) is 21.1 Å². The van der Waals surface area contributed by atoms with Gasteiger partial charge in [-0.1, -0.05) is 28.0 Å². The van der Waals surface area contributed by atoms with E-state index in [0.717, 1.165) is 16.5 Å². The Hall–Kier alpha value is -1.20. The number of likely N-dealkylation sites (N-methyl/N-ethyl adjacent to an activating group) is 1. The van der Waals surface area contributed by atoms with Crippen LogP contribution in [0, 0.1) is 13.8 Å². The van der Waals surface area contributed by atoms with E-state index < -0.39 is 0 Å². The van der Waals surface area contributed by atoms with Gasteiger partial charge in [0.15, 0.2) is 0 Å². The lowest BCUT2D eigenvalue weighted by Gasteiger charge is -2.17. The summed E-state index contributed by atoms with van der Waals surface area (Å²) in [6, 6.07) is 4.46. The average molecular weight is 352 g/mol. The van der Waals surface area contributed by atoms with Crippen molar-refractivity contribution in [3.8, 4) is 11.4 Å². The molecule has 0 bridgehead atoms. The van der Waals surface area contributed by atoms with Crippen molar-refractivity contribution in [2.45, 2.75) is 46.1 Å². The summed E-state index contributed by atoms with van der Waals surface area (Å²) >= 11 is 3.58. The van der Waals surface area contributed by atoms with Crippen LogP contribution >= 0.6 is 15.9 Å². The van der Waals surface area contributed by atoms with Gasteiger partial charge in [0.25, 0.3) is 0 Å². The van der Waals surface area contributed by atoms with E-state index in [9.17, 15) is 0 Å². The lowest BCUT2D eigenvalue weighted by molar-refractivity contribution is 0.322. The summed E-state index contributed by atoms with van der Waals surface area (Å²) in [7, 11) is 1.95. The number of nitrogens with one attached hydrogen (secondary N) is 1. The van der Waals surface area contributed by atoms with Crippen LogP contribution in [0.3, 0.4) is 0 Å². The third kappa shape index (κ3) is 3.35. The van der Waals surface area contributed by atoms with Crippen molar-refractivity contribution in [2.75, 3.05) is 7.05 Å². The molecule has 0 aliphatic rings. The number of hydrogen-bond acceptors (Lipinski definition) is 4. The van der Waals surface area contributed by atoms with Crippen molar-refractivity contribution in [1.82, 2.24) is 15.5 Å². The van der Waals surface area contributed by atoms with Crippen molar-refractivity contribution in [2.24, 2.45) is 0 Å². The monoisotopic (exact) mass is 351 g/mol. The molecule has 4 nitrogen and oxygen atoms in total. The molecule has 0 spiro atoms. The average Bonchev–Trinajstić information content (AvgIpc) is 2.94. The highest BCUT2D eigenvalue weighted by atomic mass is 79.9. The fourth-order valence-corrected chi connectivity index (χ4v) is 2.75. The molecule has 2 rings (SSSR count). The summed E-state index contributed by atoms with van der Waals surface area (Å²) in [5, 5.41) is 7.41. The lowest BCUT2D eigenvalue weighted by Crippen LogP contribution is -2.28. The number of nitrogens with zero attached hydrogens (tertiary/aromatic N) is 2. The molecule has 2 aromatic rings. The topological polar surface area (TPSA) is 51.0 Å². The first-order valence-electron chi connectivity index (χ1n) is 7.25. The smallest absolute Gasteiger partial charge is 0.231 e. The van der Waals surface area contributed by atoms with E-state index in [1.807, 2.05) is 7.05 Å². The predicted octanol–water partition coefficient (Wildman–Crippen LogP) is 4.22. The first-order valence-corrected chi connectivity index (χ1v) is 8.05. The highest BCUT2D eigenvalue weighted by Gasteiger charge is 2.23. The van der Waals surface area contributed by atoms with Crippen LogP contribution in [-0.4, -0.2) is 23.2 Å². The van der Waals surface area contributed by atoms with E-state index in [2.05, 4.69) is 71.2 Å². The number of hydrogen-bond donors (Lipinski definition) is 1. The molecule has 2 unspecified atom stereocenters. The minimum Gasteiger partial charge on any atom is -0.339 e. The Bertz CT molecular complexity index is 601. The second-order valence-electron chi connectivity index (χ2n) is 5.47. The molecule has 1 aromatic carbocycles. The van der Waals surface area contributed by atoms with Gasteiger partial charge in [0, 0.05) is 16.1 Å². The molecular weight excluding hydrogens is 330 g/mol. The second-order valence-corrected chi connectivity index (χ2v) is 6.27. The molecule has 0 aliphatic heterocycles. The molecular formula is C16H22BrN3O. The van der Waals surface area contributed by atoms with Gasteiger partial charge in [0.05, 0.1) is 5.92 Å². The van der Waals surface area contributed by atoms with E-state index in [1.54, 1.807) is 0 Å². The summed E-state index contributed by atoms with van der Waals surface area (Å²) in [5.74, 6) is 1.59. The molecule has 114 valence electrons. The molecule has 0 amide bonds. The van der Waals surface area contributed by atoms with E-state index in [-0.39, 0.29) is 5.92 Å². The number of rotatable bonds is 5. The quantitative estimate of drug-likeness (QED) is 0.876. The predicted molar refractivity (Wildman–Crippen MR) is 88.5 cm³/mol. The first-order chi connectivity index (χ1) is 9.97. The van der Waals surface area contributed by atoms with Gasteiger partial charge >= 0.3 is 0 Å². The zero-order chi connectivity index (χ0) is 15.6. The van der Waals surface area contributed by atoms with Gasteiger partial charge in [-0.25, -0.2) is 0 Å². The second kappa shape index (κ2) is 6.71. The molecule has 1 heterocycles. The fraction of sp³-hybridized carbons (Fsp3) is 0.500. The Labute approximate surface area is 134 Å². The van der Waals surface area contributed by atoms with Crippen molar-refractivity contribution in [3.05, 3.63) is 33.6 Å². The van der Waals surface area contributed by atoms with Crippen LogP contribution < -0.4 is 5.32 Å². The highest BCUT2D eigenvalue weighted by molar-refractivity contribution is 9.10. The Balaban J connectivity index is 2.35. The minimum atomic E-state index is 0.230. The van der Waals surface area contributed by atoms with Gasteiger partial charge in [0.1, 0.15) is 0 Å². The maximum Gasteiger partial charge on any atom is 0.231 e. The summed E-state index contributed by atoms with van der Waals surface area (Å²) < 4.78 is 6.62. The zero-order valence-electron chi connectivity index (χ0n) is 13.2. The summed E-state index contributed by atoms with van der Waals surface area (Å²) in [6.07, 6.45) is 0.960. The van der Waals surface area contributed by atoms with Gasteiger partial charge in [-0.3, -0.25) is 0 Å². The molecule has 0 radical (unpaired) electrons. The van der Waals surface area contributed by atoms with Gasteiger partial charge in [-0.2, -0.15) is 4.98 Å². The molecule has 1 aromatic heterocycles. The molecule has 0 aliphatic carbocycles. The molecule has 0 saturated heterocycles. The summed E-state index contributed by atoms with van der Waals surface area (Å²) in [5.41, 5.74) is 3.34. The minimum absolute atomic E-state index is 0.230. The lowest BCUT2D eigenvalue weighted by atomic mass is 9.98. The standard InChI is InChI=1S/C16H22BrN3O/c1-6-13(11(4)18-5)16-19-15(20-21-16)12-7-9(2)14(17)10(3)8-12/h7-8,11,13,18H,6H2,1-5H3. The van der Waals surface area contributed by atoms with Crippen molar-refractivity contribution in [3.63, 3.8) is 0 Å². The number of halogens is 1. The van der Waals surface area contributed by atoms with Crippen molar-refractivity contribution in [1.29, 1.82) is 0 Å². The molecule has 21 heavy (non-hydrogen) atoms. The van der Waals surface area contributed by atoms with Crippen LogP contribution in [-0.2, 0) is 0 Å². The van der Waals surface area contributed by atoms with Crippen molar-refractivity contribution >= 4 is 15.9 Å². The molecule has 0 saturated carbocycles. The van der Waals surface area contributed by atoms with E-state index >= 15 is 0 Å². The highest BCUT2D eigenvalue weighted by Crippen LogP contribution is 2.29. The first kappa shape index (κ1) is 16.2. The molecule has 0 fully saturated rings. The van der Waals surface area contributed by atoms with E-state index in [4.69, 9.17) is 4.52 Å². The van der Waals surface area contributed by atoms with E-state index in [1.165, 1.54) is 11.1 Å². The van der Waals surface area contributed by atoms with Crippen LogP contribution in [0.1, 0.15) is 43.2 Å². The molecule has 5 heteroatoms. The SMILES string of the molecule is CCC(c1nc(-c2cc(C)c(Br)c(C)c2)no1)C(C)NC. The van der Waals surface area contributed by atoms with Gasteiger partial charge < -0.3 is 9.84 Å². The van der Waals surface area contributed by atoms with Crippen molar-refractivity contribution < 1.29 is 4.52 Å². The Morgan fingerprint density at radius 3 is 2.43 bits per heavy atom. The van der Waals surface area contributed by atoms with Crippen LogP contribution in [0.2, 0.25) is 0 Å². The number of aromatic nitrogens is 2. The normalized spacial score (nSPS) is 14.2. The van der Waals surface area contributed by atoms with Gasteiger partial charge in [0.2, 0.25) is 11.7 Å². The maximum absolute atomic E-state index is 5.49.